The molecule has 2 N–H and O–H groups in total. The maximum absolute atomic E-state index is 9.78. The highest BCUT2D eigenvalue weighted by Crippen LogP contribution is 2.19. The molecule has 0 saturated heterocycles. The molecule has 0 saturated carbocycles. The van der Waals surface area contributed by atoms with Crippen molar-refractivity contribution in [2.75, 3.05) is 13.2 Å². The van der Waals surface area contributed by atoms with Crippen LogP contribution >= 0.6 is 0 Å². The third kappa shape index (κ3) is 4.38. The first kappa shape index (κ1) is 14.6. The number of para-hydroxylation sites is 1. The zero-order chi connectivity index (χ0) is 14.2. The second-order valence-corrected chi connectivity index (χ2v) is 4.28. The molecule has 0 aliphatic rings. The molecule has 4 nitrogen and oxygen atoms in total. The maximum Gasteiger partial charge on any atom is 0.491 e. The zero-order valence-corrected chi connectivity index (χ0v) is 11.1. The van der Waals surface area contributed by atoms with Gasteiger partial charge < -0.3 is 19.5 Å². The molecule has 0 radical (unpaired) electrons. The molecule has 2 aromatic rings. The summed E-state index contributed by atoms with van der Waals surface area (Å²) in [6.45, 7) is 0.372. The van der Waals surface area contributed by atoms with E-state index < -0.39 is 7.12 Å². The van der Waals surface area contributed by atoms with E-state index in [0.717, 1.165) is 5.75 Å². The molecule has 0 amide bonds. The minimum atomic E-state index is -0.979. The van der Waals surface area contributed by atoms with Gasteiger partial charge in [0.25, 0.3) is 0 Å². The van der Waals surface area contributed by atoms with Crippen LogP contribution in [0.5, 0.6) is 11.5 Å². The number of ether oxygens (including phenoxy) is 1. The van der Waals surface area contributed by atoms with Crippen LogP contribution in [0, 0.1) is 0 Å². The number of aliphatic hydroxyl groups is 1. The number of aliphatic hydroxyl groups excluding tert-OH is 1. The Balaban J connectivity index is 1.92. The van der Waals surface area contributed by atoms with Crippen molar-refractivity contribution in [2.24, 2.45) is 0 Å². The van der Waals surface area contributed by atoms with Crippen molar-refractivity contribution in [1.29, 1.82) is 0 Å². The molecule has 0 atom stereocenters. The van der Waals surface area contributed by atoms with E-state index in [1.165, 1.54) is 0 Å². The molecule has 0 aliphatic carbocycles. The normalized spacial score (nSPS) is 10.3. The van der Waals surface area contributed by atoms with E-state index in [1.54, 1.807) is 24.3 Å². The van der Waals surface area contributed by atoms with E-state index in [2.05, 4.69) is 0 Å². The summed E-state index contributed by atoms with van der Waals surface area (Å²) in [7, 11) is -0.979. The summed E-state index contributed by atoms with van der Waals surface area (Å²) >= 11 is 0. The Morgan fingerprint density at radius 1 is 0.900 bits per heavy atom. The number of hydrogen-bond donors (Lipinski definition) is 2. The third-order valence-electron chi connectivity index (χ3n) is 2.72. The Morgan fingerprint density at radius 3 is 2.20 bits per heavy atom. The molecule has 0 heterocycles. The van der Waals surface area contributed by atoms with Gasteiger partial charge in [-0.3, -0.25) is 0 Å². The van der Waals surface area contributed by atoms with Crippen molar-refractivity contribution >= 4 is 12.6 Å². The molecule has 0 bridgehead atoms. The first-order valence-electron chi connectivity index (χ1n) is 6.53. The average molecular weight is 272 g/mol. The van der Waals surface area contributed by atoms with Gasteiger partial charge in [-0.1, -0.05) is 30.3 Å². The fourth-order valence-electron chi connectivity index (χ4n) is 1.68. The van der Waals surface area contributed by atoms with Crippen LogP contribution in [0.3, 0.4) is 0 Å². The predicted molar refractivity (Wildman–Crippen MR) is 78.2 cm³/mol. The lowest BCUT2D eigenvalue weighted by molar-refractivity contribution is 0.216. The Morgan fingerprint density at radius 2 is 1.55 bits per heavy atom. The first-order valence-corrected chi connectivity index (χ1v) is 6.53. The molecule has 104 valence electrons. The van der Waals surface area contributed by atoms with Crippen molar-refractivity contribution in [1.82, 2.24) is 0 Å². The minimum Gasteiger partial charge on any atom is -0.457 e. The van der Waals surface area contributed by atoms with Gasteiger partial charge in [-0.25, -0.2) is 0 Å². The molecule has 0 fully saturated rings. The van der Waals surface area contributed by atoms with E-state index in [0.29, 0.717) is 24.2 Å². The van der Waals surface area contributed by atoms with Gasteiger partial charge in [-0.15, -0.1) is 0 Å². The standard InChI is InChI=1S/C15H17BO4/c17-11-4-12-19-16(18)13-7-9-15(10-8-13)20-14-5-2-1-3-6-14/h1-3,5-10,17-18H,4,11-12H2. The van der Waals surface area contributed by atoms with Crippen molar-refractivity contribution in [3.8, 4) is 11.5 Å². The highest BCUT2D eigenvalue weighted by molar-refractivity contribution is 6.59. The summed E-state index contributed by atoms with van der Waals surface area (Å²) in [4.78, 5) is 0. The molecule has 5 heteroatoms. The number of hydrogen-bond acceptors (Lipinski definition) is 4. The van der Waals surface area contributed by atoms with E-state index in [1.807, 2.05) is 30.3 Å². The van der Waals surface area contributed by atoms with Crippen LogP contribution in [-0.4, -0.2) is 30.5 Å². The molecular formula is C15H17BO4. The molecule has 0 spiro atoms. The lowest BCUT2D eigenvalue weighted by atomic mass is 9.79. The van der Waals surface area contributed by atoms with E-state index in [4.69, 9.17) is 14.5 Å². The third-order valence-corrected chi connectivity index (χ3v) is 2.72. The molecule has 0 aromatic heterocycles. The molecular weight excluding hydrogens is 255 g/mol. The van der Waals surface area contributed by atoms with Gasteiger partial charge in [0.15, 0.2) is 0 Å². The minimum absolute atomic E-state index is 0.0522. The van der Waals surface area contributed by atoms with Gasteiger partial charge in [0.1, 0.15) is 11.5 Å². The van der Waals surface area contributed by atoms with E-state index >= 15 is 0 Å². The maximum atomic E-state index is 9.78. The fraction of sp³-hybridized carbons (Fsp3) is 0.200. The van der Waals surface area contributed by atoms with E-state index in [-0.39, 0.29) is 6.61 Å². The molecule has 0 aliphatic heterocycles. The lowest BCUT2D eigenvalue weighted by Gasteiger charge is -2.09. The van der Waals surface area contributed by atoms with Gasteiger partial charge in [-0.2, -0.15) is 0 Å². The smallest absolute Gasteiger partial charge is 0.457 e. The second kappa shape index (κ2) is 7.70. The summed E-state index contributed by atoms with van der Waals surface area (Å²) in [5, 5.41) is 18.4. The summed E-state index contributed by atoms with van der Waals surface area (Å²) < 4.78 is 10.8. The van der Waals surface area contributed by atoms with Gasteiger partial charge in [-0.05, 0) is 36.1 Å². The molecule has 2 aromatic carbocycles. The van der Waals surface area contributed by atoms with Crippen LogP contribution < -0.4 is 10.2 Å². The van der Waals surface area contributed by atoms with Crippen molar-refractivity contribution in [2.45, 2.75) is 6.42 Å². The number of benzene rings is 2. The molecule has 0 unspecified atom stereocenters. The van der Waals surface area contributed by atoms with Crippen LogP contribution in [0.25, 0.3) is 0 Å². The Bertz CT molecular complexity index is 501. The van der Waals surface area contributed by atoms with E-state index in [9.17, 15) is 5.02 Å². The highest BCUT2D eigenvalue weighted by atomic mass is 16.5. The van der Waals surface area contributed by atoms with Gasteiger partial charge >= 0.3 is 7.12 Å². The first-order chi connectivity index (χ1) is 9.79. The molecule has 2 rings (SSSR count). The zero-order valence-electron chi connectivity index (χ0n) is 11.1. The summed E-state index contributed by atoms with van der Waals surface area (Å²) in [5.41, 5.74) is 0.656. The predicted octanol–water partition coefficient (Wildman–Crippen LogP) is 1.57. The quantitative estimate of drug-likeness (QED) is 0.593. The van der Waals surface area contributed by atoms with Crippen molar-refractivity contribution in [3.63, 3.8) is 0 Å². The highest BCUT2D eigenvalue weighted by Gasteiger charge is 2.15. The SMILES string of the molecule is OCCCOB(O)c1ccc(Oc2ccccc2)cc1. The molecule has 20 heavy (non-hydrogen) atoms. The van der Waals surface area contributed by atoms with Crippen LogP contribution in [0.1, 0.15) is 6.42 Å². The van der Waals surface area contributed by atoms with Crippen LogP contribution in [0.15, 0.2) is 54.6 Å². The van der Waals surface area contributed by atoms with Crippen molar-refractivity contribution < 1.29 is 19.5 Å². The number of rotatable bonds is 7. The monoisotopic (exact) mass is 272 g/mol. The second-order valence-electron chi connectivity index (χ2n) is 4.28. The Kier molecular flexibility index (Phi) is 5.61. The van der Waals surface area contributed by atoms with Crippen LogP contribution in [0.2, 0.25) is 0 Å². The van der Waals surface area contributed by atoms with Gasteiger partial charge in [0, 0.05) is 13.2 Å². The Labute approximate surface area is 118 Å². The van der Waals surface area contributed by atoms with Gasteiger partial charge in [0.2, 0.25) is 0 Å². The van der Waals surface area contributed by atoms with Gasteiger partial charge in [0.05, 0.1) is 0 Å². The average Bonchev–Trinajstić information content (AvgIpc) is 2.49. The van der Waals surface area contributed by atoms with Crippen molar-refractivity contribution in [3.05, 3.63) is 54.6 Å². The summed E-state index contributed by atoms with van der Waals surface area (Å²) in [6, 6.07) is 16.5. The summed E-state index contributed by atoms with van der Waals surface area (Å²) in [6.07, 6.45) is 0.506. The topological polar surface area (TPSA) is 58.9 Å². The largest absolute Gasteiger partial charge is 0.491 e. The Hall–Kier alpha value is -1.82. The summed E-state index contributed by atoms with van der Waals surface area (Å²) in [5.74, 6) is 1.46. The van der Waals surface area contributed by atoms with Crippen LogP contribution in [0.4, 0.5) is 0 Å². The van der Waals surface area contributed by atoms with Crippen LogP contribution in [-0.2, 0) is 4.65 Å². The fourth-order valence-corrected chi connectivity index (χ4v) is 1.68. The lowest BCUT2D eigenvalue weighted by Crippen LogP contribution is -2.33.